The summed E-state index contributed by atoms with van der Waals surface area (Å²) in [6.07, 6.45) is -0.0803. The van der Waals surface area contributed by atoms with E-state index in [1.54, 1.807) is 43.3 Å². The second kappa shape index (κ2) is 11.3. The Bertz CT molecular complexity index is 1100. The van der Waals surface area contributed by atoms with Crippen molar-refractivity contribution in [3.05, 3.63) is 83.1 Å². The fourth-order valence-electron chi connectivity index (χ4n) is 3.10. The van der Waals surface area contributed by atoms with Crippen LogP contribution >= 0.6 is 12.4 Å². The monoisotopic (exact) mass is 475 g/mol. The van der Waals surface area contributed by atoms with Gasteiger partial charge in [0.2, 0.25) is 0 Å². The first-order valence-corrected chi connectivity index (χ1v) is 9.83. The van der Waals surface area contributed by atoms with Gasteiger partial charge in [-0.2, -0.15) is 0 Å². The van der Waals surface area contributed by atoms with Gasteiger partial charge in [-0.25, -0.2) is 8.78 Å². The lowest BCUT2D eigenvalue weighted by molar-refractivity contribution is -0.133. The third kappa shape index (κ3) is 6.24. The molecule has 2 aromatic carbocycles. The first-order valence-electron chi connectivity index (χ1n) is 9.83. The number of nitrogens with zero attached hydrogens (tertiary/aromatic N) is 1. The van der Waals surface area contributed by atoms with Gasteiger partial charge in [-0.15, -0.1) is 12.4 Å². The summed E-state index contributed by atoms with van der Waals surface area (Å²) in [4.78, 5) is 16.8. The maximum Gasteiger partial charge on any atom is 0.254 e. The molecule has 1 unspecified atom stereocenters. The highest BCUT2D eigenvalue weighted by Crippen LogP contribution is 2.29. The number of carbonyl (C=O) groups is 1. The quantitative estimate of drug-likeness (QED) is 0.292. The Kier molecular flexibility index (Phi) is 8.84. The van der Waals surface area contributed by atoms with Crippen molar-refractivity contribution in [2.75, 3.05) is 12.3 Å². The molecule has 0 spiro atoms. The molecule has 1 atom stereocenters. The van der Waals surface area contributed by atoms with Gasteiger partial charge < -0.3 is 21.5 Å². The van der Waals surface area contributed by atoms with E-state index in [0.717, 1.165) is 17.7 Å². The Morgan fingerprint density at radius 1 is 1.15 bits per heavy atom. The van der Waals surface area contributed by atoms with Crippen LogP contribution in [0.2, 0.25) is 0 Å². The molecule has 7 nitrogen and oxygen atoms in total. The van der Waals surface area contributed by atoms with Crippen molar-refractivity contribution in [3.63, 3.8) is 0 Å². The Balaban J connectivity index is 0.00000385. The molecule has 1 heterocycles. The van der Waals surface area contributed by atoms with Crippen molar-refractivity contribution in [2.45, 2.75) is 19.6 Å². The summed E-state index contributed by atoms with van der Waals surface area (Å²) >= 11 is 0. The van der Waals surface area contributed by atoms with E-state index in [9.17, 15) is 13.6 Å². The first kappa shape index (κ1) is 25.7. The molecule has 3 aromatic rings. The molecular weight excluding hydrogens is 452 g/mol. The average Bonchev–Trinajstić information content (AvgIpc) is 2.77. The van der Waals surface area contributed by atoms with E-state index < -0.39 is 29.2 Å². The predicted molar refractivity (Wildman–Crippen MR) is 125 cm³/mol. The summed E-state index contributed by atoms with van der Waals surface area (Å²) < 4.78 is 35.2. The van der Waals surface area contributed by atoms with Crippen LogP contribution in [0.5, 0.6) is 0 Å². The van der Waals surface area contributed by atoms with E-state index in [2.05, 4.69) is 10.3 Å². The molecule has 0 radical (unpaired) electrons. The highest BCUT2D eigenvalue weighted by Gasteiger charge is 2.28. The first-order chi connectivity index (χ1) is 15.3. The van der Waals surface area contributed by atoms with E-state index in [4.69, 9.17) is 21.6 Å². The number of nitrogen functional groups attached to an aromatic ring is 2. The van der Waals surface area contributed by atoms with Crippen LogP contribution < -0.4 is 16.8 Å². The predicted octanol–water partition coefficient (Wildman–Crippen LogP) is 3.71. The molecule has 0 saturated carbocycles. The van der Waals surface area contributed by atoms with Crippen LogP contribution in [0, 0.1) is 17.0 Å². The second-order valence-electron chi connectivity index (χ2n) is 6.99. The highest BCUT2D eigenvalue weighted by atomic mass is 35.5. The Morgan fingerprint density at radius 3 is 2.30 bits per heavy atom. The summed E-state index contributed by atoms with van der Waals surface area (Å²) in [5.74, 6) is -2.59. The van der Waals surface area contributed by atoms with Crippen LogP contribution in [0.25, 0.3) is 11.3 Å². The van der Waals surface area contributed by atoms with E-state index in [1.165, 1.54) is 6.20 Å². The number of hydrogen-bond donors (Lipinski definition) is 4. The van der Waals surface area contributed by atoms with Gasteiger partial charge in [-0.1, -0.05) is 24.3 Å². The number of nitrogens with two attached hydrogens (primary N) is 2. The van der Waals surface area contributed by atoms with Crippen LogP contribution in [0.3, 0.4) is 0 Å². The number of amides is 1. The minimum atomic E-state index is -1.47. The molecule has 6 N–H and O–H groups in total. The lowest BCUT2D eigenvalue weighted by atomic mass is 10.0. The van der Waals surface area contributed by atoms with Gasteiger partial charge >= 0.3 is 0 Å². The number of benzene rings is 2. The Hall–Kier alpha value is -3.56. The topological polar surface area (TPSA) is 127 Å². The smallest absolute Gasteiger partial charge is 0.254 e. The van der Waals surface area contributed by atoms with Crippen LogP contribution in [0.4, 0.5) is 14.5 Å². The average molecular weight is 476 g/mol. The highest BCUT2D eigenvalue weighted by molar-refractivity contribution is 5.94. The normalized spacial score (nSPS) is 11.4. The molecule has 10 heteroatoms. The number of halogens is 3. The summed E-state index contributed by atoms with van der Waals surface area (Å²) in [6.45, 7) is 1.81. The third-order valence-corrected chi connectivity index (χ3v) is 4.73. The lowest BCUT2D eigenvalue weighted by Gasteiger charge is -2.19. The van der Waals surface area contributed by atoms with Crippen LogP contribution in [-0.2, 0) is 16.1 Å². The number of anilines is 1. The summed E-state index contributed by atoms with van der Waals surface area (Å²) in [6, 6.07) is 12.0. The lowest BCUT2D eigenvalue weighted by Crippen LogP contribution is -2.31. The Morgan fingerprint density at radius 2 is 1.79 bits per heavy atom. The molecule has 3 rings (SSSR count). The van der Waals surface area contributed by atoms with Crippen molar-refractivity contribution in [2.24, 2.45) is 5.73 Å². The largest absolute Gasteiger partial charge is 0.397 e. The maximum atomic E-state index is 14.9. The zero-order chi connectivity index (χ0) is 23.3. The van der Waals surface area contributed by atoms with Crippen molar-refractivity contribution in [1.29, 1.82) is 5.41 Å². The standard InChI is InChI=1S/C23H23F2N5O2.ClH/c1-2-32-21(23(31)30-11-13-3-5-14(6-4-13)22(27)28)20-17(24)9-15(10-18(20)25)19-8-7-16(26)12-29-19;/h3-10,12,21H,2,11,26H2,1H3,(H3,27,28)(H,30,31);1H. The molecule has 1 amide bonds. The second-order valence-corrected chi connectivity index (χ2v) is 6.99. The minimum absolute atomic E-state index is 0. The van der Waals surface area contributed by atoms with Gasteiger partial charge in [-0.3, -0.25) is 15.2 Å². The van der Waals surface area contributed by atoms with Crippen LogP contribution in [0.1, 0.15) is 29.7 Å². The van der Waals surface area contributed by atoms with Crippen LogP contribution in [-0.4, -0.2) is 23.3 Å². The van der Waals surface area contributed by atoms with Crippen molar-refractivity contribution < 1.29 is 18.3 Å². The molecule has 0 aliphatic carbocycles. The maximum absolute atomic E-state index is 14.9. The molecule has 0 saturated heterocycles. The van der Waals surface area contributed by atoms with Crippen molar-refractivity contribution in [1.82, 2.24) is 10.3 Å². The third-order valence-electron chi connectivity index (χ3n) is 4.73. The van der Waals surface area contributed by atoms with E-state index >= 15 is 0 Å². The van der Waals surface area contributed by atoms with Gasteiger partial charge in [0.25, 0.3) is 5.91 Å². The summed E-state index contributed by atoms with van der Waals surface area (Å²) in [5.41, 5.74) is 12.8. The number of hydrogen-bond acceptors (Lipinski definition) is 5. The molecule has 0 aliphatic rings. The van der Waals surface area contributed by atoms with Gasteiger partial charge in [0, 0.05) is 24.3 Å². The van der Waals surface area contributed by atoms with Crippen molar-refractivity contribution >= 4 is 29.8 Å². The van der Waals surface area contributed by atoms with Gasteiger partial charge in [0.15, 0.2) is 6.10 Å². The number of aromatic nitrogens is 1. The fraction of sp³-hybridized carbons (Fsp3) is 0.174. The summed E-state index contributed by atoms with van der Waals surface area (Å²) in [7, 11) is 0. The molecule has 0 fully saturated rings. The molecule has 0 aliphatic heterocycles. The fourth-order valence-corrected chi connectivity index (χ4v) is 3.10. The number of carbonyl (C=O) groups excluding carboxylic acids is 1. The van der Waals surface area contributed by atoms with E-state index in [-0.39, 0.29) is 37.0 Å². The van der Waals surface area contributed by atoms with Gasteiger partial charge in [0.1, 0.15) is 17.5 Å². The molecular formula is C23H24ClF2N5O2. The molecule has 174 valence electrons. The van der Waals surface area contributed by atoms with Crippen molar-refractivity contribution in [3.8, 4) is 11.3 Å². The minimum Gasteiger partial charge on any atom is -0.397 e. The zero-order valence-corrected chi connectivity index (χ0v) is 18.6. The molecule has 0 bridgehead atoms. The Labute approximate surface area is 196 Å². The summed E-state index contributed by atoms with van der Waals surface area (Å²) in [5, 5.41) is 10.0. The van der Waals surface area contributed by atoms with E-state index in [1.807, 2.05) is 0 Å². The number of rotatable bonds is 8. The van der Waals surface area contributed by atoms with Gasteiger partial charge in [-0.05, 0) is 36.8 Å². The molecule has 33 heavy (non-hydrogen) atoms. The van der Waals surface area contributed by atoms with Crippen LogP contribution in [0.15, 0.2) is 54.7 Å². The number of amidine groups is 1. The molecule has 1 aromatic heterocycles. The van der Waals surface area contributed by atoms with E-state index in [0.29, 0.717) is 16.9 Å². The number of pyridine rings is 1. The number of ether oxygens (including phenoxy) is 1. The van der Waals surface area contributed by atoms with Gasteiger partial charge in [0.05, 0.1) is 23.1 Å². The SMILES string of the molecule is CCOC(C(=O)NCc1ccc(C(=N)N)cc1)c1c(F)cc(-c2ccc(N)cn2)cc1F.Cl. The zero-order valence-electron chi connectivity index (χ0n) is 17.8. The number of nitrogens with one attached hydrogen (secondary N) is 2.